The van der Waals surface area contributed by atoms with Gasteiger partial charge in [-0.05, 0) is 57.0 Å². The third kappa shape index (κ3) is 5.05. The van der Waals surface area contributed by atoms with E-state index in [0.717, 1.165) is 16.9 Å². The van der Waals surface area contributed by atoms with Crippen LogP contribution in [0.3, 0.4) is 0 Å². The fourth-order valence-corrected chi connectivity index (χ4v) is 5.83. The first-order chi connectivity index (χ1) is 20.0. The zero-order chi connectivity index (χ0) is 30.3. The van der Waals surface area contributed by atoms with Crippen LogP contribution < -0.4 is 14.9 Å². The number of aromatic nitrogens is 1. The molecule has 0 amide bonds. The summed E-state index contributed by atoms with van der Waals surface area (Å²) in [6.07, 6.45) is 1.49. The van der Waals surface area contributed by atoms with Crippen molar-refractivity contribution in [2.75, 3.05) is 6.61 Å². The molecule has 0 spiro atoms. The highest BCUT2D eigenvalue weighted by atomic mass is 32.1. The summed E-state index contributed by atoms with van der Waals surface area (Å²) in [7, 11) is 0. The molecule has 0 bridgehead atoms. The van der Waals surface area contributed by atoms with Crippen LogP contribution in [-0.4, -0.2) is 27.0 Å². The van der Waals surface area contributed by atoms with E-state index in [9.17, 15) is 29.8 Å². The van der Waals surface area contributed by atoms with Gasteiger partial charge in [0, 0.05) is 23.8 Å². The van der Waals surface area contributed by atoms with Gasteiger partial charge in [-0.1, -0.05) is 29.5 Å². The number of esters is 1. The van der Waals surface area contributed by atoms with Crippen LogP contribution in [0.1, 0.15) is 42.3 Å². The number of carbonyl (C=O) groups is 1. The number of furan rings is 1. The topological polar surface area (TPSA) is 160 Å². The van der Waals surface area contributed by atoms with Crippen LogP contribution in [0.5, 0.6) is 0 Å². The number of carbonyl (C=O) groups excluding carboxylic acids is 1. The Morgan fingerprint density at radius 3 is 2.50 bits per heavy atom. The van der Waals surface area contributed by atoms with Crippen molar-refractivity contribution in [1.82, 2.24) is 4.57 Å². The molecule has 1 aliphatic rings. The molecule has 2 aromatic carbocycles. The number of benzene rings is 2. The Bertz CT molecular complexity index is 2000. The number of nitro benzene ring substituents is 2. The molecule has 1 atom stereocenters. The number of rotatable bonds is 7. The molecule has 0 unspecified atom stereocenters. The van der Waals surface area contributed by atoms with Gasteiger partial charge in [0.05, 0.1) is 43.9 Å². The number of thiazole rings is 1. The van der Waals surface area contributed by atoms with E-state index in [0.29, 0.717) is 22.4 Å². The van der Waals surface area contributed by atoms with Crippen molar-refractivity contribution in [1.29, 1.82) is 0 Å². The molecule has 0 saturated heterocycles. The summed E-state index contributed by atoms with van der Waals surface area (Å²) in [5.74, 6) is -0.156. The van der Waals surface area contributed by atoms with Crippen molar-refractivity contribution in [3.8, 4) is 11.3 Å². The molecular formula is C29H24N4O8S. The first kappa shape index (κ1) is 28.4. The summed E-state index contributed by atoms with van der Waals surface area (Å²) < 4.78 is 12.7. The monoisotopic (exact) mass is 588 g/mol. The van der Waals surface area contributed by atoms with Crippen molar-refractivity contribution in [2.45, 2.75) is 33.7 Å². The van der Waals surface area contributed by atoms with E-state index in [1.165, 1.54) is 22.8 Å². The molecule has 0 saturated carbocycles. The van der Waals surface area contributed by atoms with Gasteiger partial charge in [-0.2, -0.15) is 0 Å². The van der Waals surface area contributed by atoms with E-state index >= 15 is 0 Å². The fourth-order valence-electron chi connectivity index (χ4n) is 4.81. The molecule has 0 N–H and O–H groups in total. The van der Waals surface area contributed by atoms with Gasteiger partial charge in [0.15, 0.2) is 4.80 Å². The maximum atomic E-state index is 13.8. The first-order valence-electron chi connectivity index (χ1n) is 12.8. The highest BCUT2D eigenvalue weighted by molar-refractivity contribution is 7.07. The van der Waals surface area contributed by atoms with E-state index in [4.69, 9.17) is 9.15 Å². The average molecular weight is 589 g/mol. The molecule has 42 heavy (non-hydrogen) atoms. The molecule has 2 aromatic heterocycles. The Labute approximate surface area is 241 Å². The lowest BCUT2D eigenvalue weighted by molar-refractivity contribution is -0.385. The van der Waals surface area contributed by atoms with Gasteiger partial charge < -0.3 is 9.15 Å². The van der Waals surface area contributed by atoms with Gasteiger partial charge in [-0.3, -0.25) is 29.6 Å². The number of allylic oxidation sites excluding steroid dienone is 1. The van der Waals surface area contributed by atoms with Gasteiger partial charge in [0.25, 0.3) is 16.9 Å². The summed E-state index contributed by atoms with van der Waals surface area (Å²) in [5.41, 5.74) is 1.46. The number of ether oxygens (including phenoxy) is 1. The van der Waals surface area contributed by atoms with Crippen molar-refractivity contribution >= 4 is 34.8 Å². The minimum atomic E-state index is -1.02. The number of aryl methyl sites for hydroxylation is 2. The van der Waals surface area contributed by atoms with Gasteiger partial charge in [0.2, 0.25) is 0 Å². The molecule has 1 aliphatic heterocycles. The van der Waals surface area contributed by atoms with Crippen LogP contribution in [0, 0.1) is 34.1 Å². The molecule has 0 fully saturated rings. The Morgan fingerprint density at radius 2 is 1.81 bits per heavy atom. The Hall–Kier alpha value is -5.17. The zero-order valence-electron chi connectivity index (χ0n) is 22.9. The molecule has 13 heteroatoms. The van der Waals surface area contributed by atoms with Gasteiger partial charge in [-0.25, -0.2) is 9.79 Å². The van der Waals surface area contributed by atoms with Crippen LogP contribution in [0.15, 0.2) is 74.0 Å². The van der Waals surface area contributed by atoms with Gasteiger partial charge >= 0.3 is 5.97 Å². The molecule has 0 radical (unpaired) electrons. The zero-order valence-corrected chi connectivity index (χ0v) is 23.8. The standard InChI is InChI=1S/C29H24N4O8S/c1-5-40-28(35)25-17(4)30-29-31(26(25)18-8-7-16(3)21(13-18)32(36)37)27(34)24(42-29)14-19-9-11-23(41-19)20-10-6-15(2)12-22(20)33(38)39/h6-14,26H,5H2,1-4H3/b24-14+/t26-/m0/s1. The minimum absolute atomic E-state index is 0.0841. The molecule has 4 aromatic rings. The Balaban J connectivity index is 1.67. The molecule has 214 valence electrons. The third-order valence-electron chi connectivity index (χ3n) is 6.78. The third-order valence-corrected chi connectivity index (χ3v) is 7.76. The second-order valence-corrected chi connectivity index (χ2v) is 10.6. The van der Waals surface area contributed by atoms with Crippen LogP contribution in [-0.2, 0) is 9.53 Å². The van der Waals surface area contributed by atoms with Gasteiger partial charge in [-0.15, -0.1) is 0 Å². The largest absolute Gasteiger partial charge is 0.463 e. The molecule has 5 rings (SSSR count). The number of nitro groups is 2. The lowest BCUT2D eigenvalue weighted by Crippen LogP contribution is -2.40. The van der Waals surface area contributed by atoms with Crippen LogP contribution in [0.2, 0.25) is 0 Å². The molecular weight excluding hydrogens is 564 g/mol. The Morgan fingerprint density at radius 1 is 1.07 bits per heavy atom. The minimum Gasteiger partial charge on any atom is -0.463 e. The quantitative estimate of drug-likeness (QED) is 0.173. The summed E-state index contributed by atoms with van der Waals surface area (Å²) in [6.45, 7) is 6.70. The van der Waals surface area contributed by atoms with Crippen LogP contribution >= 0.6 is 11.3 Å². The summed E-state index contributed by atoms with van der Waals surface area (Å²) in [6, 6.07) is 11.5. The maximum absolute atomic E-state index is 13.8. The number of hydrogen-bond acceptors (Lipinski definition) is 10. The molecule has 12 nitrogen and oxygen atoms in total. The summed E-state index contributed by atoms with van der Waals surface area (Å²) >= 11 is 1.05. The number of hydrogen-bond donors (Lipinski definition) is 0. The molecule has 3 heterocycles. The van der Waals surface area contributed by atoms with E-state index in [1.807, 2.05) is 0 Å². The number of fused-ring (bicyclic) bond motifs is 1. The smallest absolute Gasteiger partial charge is 0.338 e. The van der Waals surface area contributed by atoms with Crippen molar-refractivity contribution in [3.63, 3.8) is 0 Å². The highest BCUT2D eigenvalue weighted by Crippen LogP contribution is 2.34. The summed E-state index contributed by atoms with van der Waals surface area (Å²) in [4.78, 5) is 54.0. The van der Waals surface area contributed by atoms with Crippen molar-refractivity contribution in [3.05, 3.63) is 122 Å². The fraction of sp³-hybridized carbons (Fsp3) is 0.207. The SMILES string of the molecule is CCOC(=O)C1=C(C)N=c2s/c(=C/c3ccc(-c4ccc(C)cc4[N+](=O)[O-])o3)c(=O)n2[C@H]1c1ccc(C)c([N+](=O)[O-])c1. The van der Waals surface area contributed by atoms with Crippen LogP contribution in [0.25, 0.3) is 17.4 Å². The summed E-state index contributed by atoms with van der Waals surface area (Å²) in [5, 5.41) is 23.3. The first-order valence-corrected chi connectivity index (χ1v) is 13.6. The van der Waals surface area contributed by atoms with Crippen molar-refractivity contribution in [2.24, 2.45) is 4.99 Å². The van der Waals surface area contributed by atoms with E-state index in [2.05, 4.69) is 4.99 Å². The van der Waals surface area contributed by atoms with E-state index in [1.54, 1.807) is 64.1 Å². The second kappa shape index (κ2) is 11.0. The van der Waals surface area contributed by atoms with Crippen LogP contribution in [0.4, 0.5) is 11.4 Å². The number of nitrogens with zero attached hydrogens (tertiary/aromatic N) is 4. The lowest BCUT2D eigenvalue weighted by atomic mass is 9.94. The predicted octanol–water partition coefficient (Wildman–Crippen LogP) is 4.49. The van der Waals surface area contributed by atoms with E-state index < -0.39 is 27.4 Å². The predicted molar refractivity (Wildman–Crippen MR) is 154 cm³/mol. The second-order valence-electron chi connectivity index (χ2n) is 9.59. The van der Waals surface area contributed by atoms with E-state index in [-0.39, 0.29) is 44.4 Å². The average Bonchev–Trinajstić information content (AvgIpc) is 3.52. The molecule has 0 aliphatic carbocycles. The normalized spacial score (nSPS) is 14.9. The highest BCUT2D eigenvalue weighted by Gasteiger charge is 2.34. The lowest BCUT2D eigenvalue weighted by Gasteiger charge is -2.24. The Kier molecular flexibility index (Phi) is 7.44. The van der Waals surface area contributed by atoms with Gasteiger partial charge in [0.1, 0.15) is 11.5 Å². The maximum Gasteiger partial charge on any atom is 0.338 e. The van der Waals surface area contributed by atoms with Crippen molar-refractivity contribution < 1.29 is 23.8 Å².